The summed E-state index contributed by atoms with van der Waals surface area (Å²) >= 11 is 0. The summed E-state index contributed by atoms with van der Waals surface area (Å²) in [6.45, 7) is 3.48. The first-order valence-corrected chi connectivity index (χ1v) is 6.82. The lowest BCUT2D eigenvalue weighted by atomic mass is 10.1. The number of hydrogen-bond donors (Lipinski definition) is 1. The number of aromatic amines is 1. The summed E-state index contributed by atoms with van der Waals surface area (Å²) in [4.78, 5) is 13.7. The van der Waals surface area contributed by atoms with Gasteiger partial charge in [-0.1, -0.05) is 5.10 Å². The second-order valence-electron chi connectivity index (χ2n) is 5.08. The zero-order valence-electron chi connectivity index (χ0n) is 11.6. The van der Waals surface area contributed by atoms with Crippen LogP contribution >= 0.6 is 0 Å². The molecule has 0 fully saturated rings. The molecule has 0 atom stereocenters. The van der Waals surface area contributed by atoms with Gasteiger partial charge in [-0.3, -0.25) is 4.98 Å². The van der Waals surface area contributed by atoms with E-state index in [1.54, 1.807) is 12.5 Å². The molecule has 4 heterocycles. The molecular formula is C14H14N6O. The van der Waals surface area contributed by atoms with Crippen molar-refractivity contribution in [3.63, 3.8) is 0 Å². The van der Waals surface area contributed by atoms with E-state index in [0.717, 1.165) is 35.6 Å². The van der Waals surface area contributed by atoms with Gasteiger partial charge in [0.25, 0.3) is 0 Å². The lowest BCUT2D eigenvalue weighted by Gasteiger charge is -2.23. The molecule has 0 saturated carbocycles. The van der Waals surface area contributed by atoms with E-state index < -0.39 is 0 Å². The van der Waals surface area contributed by atoms with Crippen LogP contribution in [0.15, 0.2) is 29.1 Å². The zero-order valence-corrected chi connectivity index (χ0v) is 11.6. The molecule has 0 aromatic carbocycles. The molecule has 7 nitrogen and oxygen atoms in total. The Bertz CT molecular complexity index is 777. The van der Waals surface area contributed by atoms with Crippen molar-refractivity contribution >= 4 is 6.01 Å². The van der Waals surface area contributed by atoms with Gasteiger partial charge >= 0.3 is 6.01 Å². The van der Waals surface area contributed by atoms with Crippen LogP contribution in [0.1, 0.15) is 17.1 Å². The first-order chi connectivity index (χ1) is 10.3. The number of rotatable bonds is 2. The van der Waals surface area contributed by atoms with Crippen molar-refractivity contribution in [2.24, 2.45) is 0 Å². The number of fused-ring (bicyclic) bond motifs is 1. The standard InChI is InChI=1S/C14H14N6O/c1-9-6-10(2-4-15-9)13-18-19-14(21-13)20-5-3-11-12(7-20)17-8-16-11/h2,4,6,8H,3,5,7H2,1H3,(H,16,17). The summed E-state index contributed by atoms with van der Waals surface area (Å²) in [6.07, 6.45) is 4.35. The van der Waals surface area contributed by atoms with Crippen LogP contribution in [0.25, 0.3) is 11.5 Å². The second kappa shape index (κ2) is 4.69. The lowest BCUT2D eigenvalue weighted by molar-refractivity contribution is 0.530. The molecule has 0 saturated heterocycles. The number of pyridine rings is 1. The molecule has 3 aromatic rings. The smallest absolute Gasteiger partial charge is 0.318 e. The van der Waals surface area contributed by atoms with Crippen LogP contribution in [0, 0.1) is 6.92 Å². The Hall–Kier alpha value is -2.70. The van der Waals surface area contributed by atoms with E-state index in [1.807, 2.05) is 19.1 Å². The maximum atomic E-state index is 5.80. The topological polar surface area (TPSA) is 83.7 Å². The van der Waals surface area contributed by atoms with Gasteiger partial charge in [0.15, 0.2) is 0 Å². The van der Waals surface area contributed by atoms with Gasteiger partial charge in [0.1, 0.15) is 0 Å². The van der Waals surface area contributed by atoms with Gasteiger partial charge in [-0.05, 0) is 19.1 Å². The average Bonchev–Trinajstić information content (AvgIpc) is 3.15. The largest absolute Gasteiger partial charge is 0.403 e. The predicted molar refractivity (Wildman–Crippen MR) is 75.6 cm³/mol. The number of nitrogens with one attached hydrogen (secondary N) is 1. The van der Waals surface area contributed by atoms with Gasteiger partial charge in [-0.25, -0.2) is 4.98 Å². The van der Waals surface area contributed by atoms with Crippen LogP contribution in [0.2, 0.25) is 0 Å². The normalized spacial score (nSPS) is 14.2. The fourth-order valence-electron chi connectivity index (χ4n) is 2.51. The Morgan fingerprint density at radius 3 is 3.14 bits per heavy atom. The third-order valence-electron chi connectivity index (χ3n) is 3.60. The molecule has 1 N–H and O–H groups in total. The molecular weight excluding hydrogens is 268 g/mol. The zero-order chi connectivity index (χ0) is 14.2. The van der Waals surface area contributed by atoms with E-state index in [2.05, 4.69) is 30.0 Å². The Balaban J connectivity index is 1.61. The molecule has 1 aliphatic heterocycles. The molecule has 1 aliphatic rings. The van der Waals surface area contributed by atoms with Crippen molar-refractivity contribution in [3.05, 3.63) is 41.7 Å². The Morgan fingerprint density at radius 1 is 1.29 bits per heavy atom. The van der Waals surface area contributed by atoms with Gasteiger partial charge in [0.2, 0.25) is 5.89 Å². The minimum Gasteiger partial charge on any atom is -0.403 e. The Kier molecular flexibility index (Phi) is 2.70. The lowest BCUT2D eigenvalue weighted by Crippen LogP contribution is -2.30. The van der Waals surface area contributed by atoms with Crippen molar-refractivity contribution in [3.8, 4) is 11.5 Å². The number of nitrogens with zero attached hydrogens (tertiary/aromatic N) is 5. The summed E-state index contributed by atoms with van der Waals surface area (Å²) in [6, 6.07) is 4.34. The van der Waals surface area contributed by atoms with E-state index in [-0.39, 0.29) is 0 Å². The second-order valence-corrected chi connectivity index (χ2v) is 5.08. The molecule has 4 rings (SSSR count). The molecule has 7 heteroatoms. The highest BCUT2D eigenvalue weighted by Crippen LogP contribution is 2.25. The van der Waals surface area contributed by atoms with Gasteiger partial charge in [-0.2, -0.15) is 0 Å². The SMILES string of the molecule is Cc1cc(-c2nnc(N3CCc4nc[nH]c4C3)o2)ccn1. The molecule has 0 unspecified atom stereocenters. The molecule has 0 radical (unpaired) electrons. The molecule has 0 amide bonds. The first kappa shape index (κ1) is 12.1. The molecule has 21 heavy (non-hydrogen) atoms. The fraction of sp³-hybridized carbons (Fsp3) is 0.286. The number of aromatic nitrogens is 5. The van der Waals surface area contributed by atoms with Crippen molar-refractivity contribution in [2.45, 2.75) is 19.9 Å². The molecule has 3 aromatic heterocycles. The summed E-state index contributed by atoms with van der Waals surface area (Å²) in [7, 11) is 0. The van der Waals surface area contributed by atoms with E-state index >= 15 is 0 Å². The summed E-state index contributed by atoms with van der Waals surface area (Å²) in [5.74, 6) is 0.519. The number of H-pyrrole nitrogens is 1. The quantitative estimate of drug-likeness (QED) is 0.770. The van der Waals surface area contributed by atoms with E-state index in [4.69, 9.17) is 4.42 Å². The minimum absolute atomic E-state index is 0.519. The fourth-order valence-corrected chi connectivity index (χ4v) is 2.51. The Morgan fingerprint density at radius 2 is 2.24 bits per heavy atom. The van der Waals surface area contributed by atoms with E-state index in [1.165, 1.54) is 0 Å². The third kappa shape index (κ3) is 2.16. The van der Waals surface area contributed by atoms with Gasteiger partial charge in [0, 0.05) is 30.4 Å². The number of hydrogen-bond acceptors (Lipinski definition) is 6. The Labute approximate surface area is 121 Å². The van der Waals surface area contributed by atoms with Crippen molar-refractivity contribution < 1.29 is 4.42 Å². The minimum atomic E-state index is 0.519. The molecule has 0 aliphatic carbocycles. The summed E-state index contributed by atoms with van der Waals surface area (Å²) in [5.41, 5.74) is 4.05. The van der Waals surface area contributed by atoms with Crippen LogP contribution in [0.4, 0.5) is 6.01 Å². The summed E-state index contributed by atoms with van der Waals surface area (Å²) in [5, 5.41) is 8.29. The highest BCUT2D eigenvalue weighted by Gasteiger charge is 2.22. The van der Waals surface area contributed by atoms with Gasteiger partial charge < -0.3 is 14.3 Å². The van der Waals surface area contributed by atoms with Crippen LogP contribution < -0.4 is 4.90 Å². The average molecular weight is 282 g/mol. The monoisotopic (exact) mass is 282 g/mol. The number of imidazole rings is 1. The summed E-state index contributed by atoms with van der Waals surface area (Å²) < 4.78 is 5.80. The third-order valence-corrected chi connectivity index (χ3v) is 3.60. The predicted octanol–water partition coefficient (Wildman–Crippen LogP) is 1.73. The maximum Gasteiger partial charge on any atom is 0.318 e. The highest BCUT2D eigenvalue weighted by atomic mass is 16.4. The molecule has 0 spiro atoms. The number of aryl methyl sites for hydroxylation is 1. The van der Waals surface area contributed by atoms with Crippen molar-refractivity contribution in [1.82, 2.24) is 25.1 Å². The van der Waals surface area contributed by atoms with Crippen LogP contribution in [0.5, 0.6) is 0 Å². The van der Waals surface area contributed by atoms with Crippen LogP contribution in [0.3, 0.4) is 0 Å². The van der Waals surface area contributed by atoms with E-state index in [9.17, 15) is 0 Å². The van der Waals surface area contributed by atoms with Gasteiger partial charge in [-0.15, -0.1) is 5.10 Å². The first-order valence-electron chi connectivity index (χ1n) is 6.82. The number of anilines is 1. The van der Waals surface area contributed by atoms with Gasteiger partial charge in [0.05, 0.1) is 24.3 Å². The maximum absolute atomic E-state index is 5.80. The highest BCUT2D eigenvalue weighted by molar-refractivity contribution is 5.53. The molecule has 106 valence electrons. The van der Waals surface area contributed by atoms with E-state index in [0.29, 0.717) is 18.5 Å². The van der Waals surface area contributed by atoms with Crippen molar-refractivity contribution in [2.75, 3.05) is 11.4 Å². The van der Waals surface area contributed by atoms with Crippen LogP contribution in [-0.4, -0.2) is 31.7 Å². The van der Waals surface area contributed by atoms with Crippen LogP contribution in [-0.2, 0) is 13.0 Å². The molecule has 0 bridgehead atoms. The van der Waals surface area contributed by atoms with Crippen molar-refractivity contribution in [1.29, 1.82) is 0 Å².